The van der Waals surface area contributed by atoms with E-state index in [2.05, 4.69) is 28.6 Å². The van der Waals surface area contributed by atoms with Gasteiger partial charge in [-0.25, -0.2) is 0 Å². The smallest absolute Gasteiger partial charge is 0.134 e. The van der Waals surface area contributed by atoms with Crippen LogP contribution in [0.1, 0.15) is 20.8 Å². The molecule has 2 nitrogen and oxygen atoms in total. The van der Waals surface area contributed by atoms with Crippen LogP contribution >= 0.6 is 0 Å². The van der Waals surface area contributed by atoms with Crippen LogP contribution in [-0.4, -0.2) is 30.3 Å². The van der Waals surface area contributed by atoms with Gasteiger partial charge in [0.25, 0.3) is 0 Å². The molecule has 1 fully saturated rings. The zero-order valence-corrected chi connectivity index (χ0v) is 8.64. The van der Waals surface area contributed by atoms with Gasteiger partial charge in [0.2, 0.25) is 0 Å². The summed E-state index contributed by atoms with van der Waals surface area (Å²) in [5.41, 5.74) is -0.195. The van der Waals surface area contributed by atoms with Crippen molar-refractivity contribution in [2.24, 2.45) is 0 Å². The normalized spacial score (nSPS) is 25.7. The topological polar surface area (TPSA) is 12.5 Å². The average molecular weight is 177 g/mol. The predicted octanol–water partition coefficient (Wildman–Crippen LogP) is 1.08. The molecule has 1 heterocycles. The first kappa shape index (κ1) is 10.1. The number of hydrogen-bond acceptors (Lipinski definition) is 2. The van der Waals surface area contributed by atoms with Gasteiger partial charge in [-0.15, -0.1) is 0 Å². The van der Waals surface area contributed by atoms with Gasteiger partial charge in [0.15, 0.2) is 0 Å². The van der Waals surface area contributed by atoms with Gasteiger partial charge in [-0.05, 0) is 39.7 Å². The second kappa shape index (κ2) is 3.83. The van der Waals surface area contributed by atoms with Gasteiger partial charge in [-0.3, -0.25) is 4.90 Å². The number of likely N-dealkylation sites (N-methyl/N-ethyl adjacent to an activating group) is 1. The molecule has 1 atom stereocenters. The molecule has 1 rings (SSSR count). The zero-order chi connectivity index (χ0) is 9.90. The van der Waals surface area contributed by atoms with E-state index in [4.69, 9.17) is 4.74 Å². The number of hydrogen-bond donors (Lipinski definition) is 0. The van der Waals surface area contributed by atoms with Crippen LogP contribution in [0.2, 0.25) is 0 Å². The largest absolute Gasteiger partial charge is 0.344 e. The van der Waals surface area contributed by atoms with Crippen molar-refractivity contribution >= 4 is 0 Å². The molecule has 70 valence electrons. The monoisotopic (exact) mass is 177 g/mol. The first-order valence-electron chi connectivity index (χ1n) is 4.37. The summed E-state index contributed by atoms with van der Waals surface area (Å²) in [7, 11) is 2.03. The fourth-order valence-corrected chi connectivity index (χ4v) is 1.20. The Labute approximate surface area is 80.3 Å². The Morgan fingerprint density at radius 2 is 2.08 bits per heavy atom. The second-order valence-corrected chi connectivity index (χ2v) is 3.58. The van der Waals surface area contributed by atoms with E-state index >= 15 is 0 Å². The summed E-state index contributed by atoms with van der Waals surface area (Å²) in [6, 6.07) is 0. The van der Waals surface area contributed by atoms with Gasteiger partial charge in [0, 0.05) is 6.54 Å². The van der Waals surface area contributed by atoms with Crippen LogP contribution in [-0.2, 0) is 4.74 Å². The standard InChI is InChI=1S/C11H15NO/c1-5-6-7-8-10-9-12(4)11(2,3)13-10/h10H,9H2,1-4H3. The summed E-state index contributed by atoms with van der Waals surface area (Å²) < 4.78 is 5.69. The SMILES string of the molecule is CC#CC#CC1CN(C)C(C)(C)O1. The summed E-state index contributed by atoms with van der Waals surface area (Å²) >= 11 is 0. The minimum Gasteiger partial charge on any atom is -0.344 e. The van der Waals surface area contributed by atoms with E-state index in [0.717, 1.165) is 6.54 Å². The third kappa shape index (κ3) is 2.49. The number of rotatable bonds is 0. The molecule has 2 heteroatoms. The summed E-state index contributed by atoms with van der Waals surface area (Å²) in [5.74, 6) is 11.2. The van der Waals surface area contributed by atoms with Crippen molar-refractivity contribution in [1.82, 2.24) is 4.90 Å². The highest BCUT2D eigenvalue weighted by Gasteiger charge is 2.35. The van der Waals surface area contributed by atoms with Crippen LogP contribution < -0.4 is 0 Å². The van der Waals surface area contributed by atoms with Crippen LogP contribution in [0.3, 0.4) is 0 Å². The summed E-state index contributed by atoms with van der Waals surface area (Å²) in [5, 5.41) is 0. The highest BCUT2D eigenvalue weighted by Crippen LogP contribution is 2.23. The van der Waals surface area contributed by atoms with E-state index in [9.17, 15) is 0 Å². The molecule has 0 radical (unpaired) electrons. The molecule has 0 aromatic rings. The lowest BCUT2D eigenvalue weighted by atomic mass is 10.3. The fourth-order valence-electron chi connectivity index (χ4n) is 1.20. The fraction of sp³-hybridized carbons (Fsp3) is 0.636. The summed E-state index contributed by atoms with van der Waals surface area (Å²) in [6.07, 6.45) is 0.000787. The maximum Gasteiger partial charge on any atom is 0.134 e. The van der Waals surface area contributed by atoms with Crippen molar-refractivity contribution in [2.75, 3.05) is 13.6 Å². The Balaban J connectivity index is 2.59. The third-order valence-corrected chi connectivity index (χ3v) is 2.21. The van der Waals surface area contributed by atoms with Gasteiger partial charge in [-0.1, -0.05) is 11.8 Å². The van der Waals surface area contributed by atoms with Crippen molar-refractivity contribution in [3.05, 3.63) is 0 Å². The molecule has 0 bridgehead atoms. The van der Waals surface area contributed by atoms with Crippen molar-refractivity contribution in [2.45, 2.75) is 32.6 Å². The summed E-state index contributed by atoms with van der Waals surface area (Å²) in [4.78, 5) is 2.14. The van der Waals surface area contributed by atoms with E-state index in [-0.39, 0.29) is 11.8 Å². The number of ether oxygens (including phenoxy) is 1. The Bertz CT molecular complexity index is 298. The van der Waals surface area contributed by atoms with Crippen molar-refractivity contribution in [3.63, 3.8) is 0 Å². The molecule has 1 saturated heterocycles. The third-order valence-electron chi connectivity index (χ3n) is 2.21. The first-order valence-corrected chi connectivity index (χ1v) is 4.37. The van der Waals surface area contributed by atoms with E-state index < -0.39 is 0 Å². The molecule has 0 N–H and O–H groups in total. The molecule has 0 aromatic heterocycles. The molecule has 1 aliphatic rings. The van der Waals surface area contributed by atoms with Crippen LogP contribution in [0.15, 0.2) is 0 Å². The Hall–Kier alpha value is -0.960. The highest BCUT2D eigenvalue weighted by atomic mass is 16.5. The average Bonchev–Trinajstić information content (AvgIpc) is 2.27. The molecular formula is C11H15NO. The van der Waals surface area contributed by atoms with E-state index in [1.54, 1.807) is 6.92 Å². The molecular weight excluding hydrogens is 162 g/mol. The Morgan fingerprint density at radius 1 is 1.38 bits per heavy atom. The van der Waals surface area contributed by atoms with Crippen LogP contribution in [0.25, 0.3) is 0 Å². The minimum atomic E-state index is -0.195. The summed E-state index contributed by atoms with van der Waals surface area (Å²) in [6.45, 7) is 6.71. The van der Waals surface area contributed by atoms with E-state index in [1.165, 1.54) is 0 Å². The molecule has 0 aliphatic carbocycles. The van der Waals surface area contributed by atoms with Crippen molar-refractivity contribution in [1.29, 1.82) is 0 Å². The lowest BCUT2D eigenvalue weighted by Crippen LogP contribution is -2.35. The molecule has 1 aliphatic heterocycles. The highest BCUT2D eigenvalue weighted by molar-refractivity contribution is 5.27. The van der Waals surface area contributed by atoms with Crippen molar-refractivity contribution in [3.8, 4) is 23.7 Å². The quantitative estimate of drug-likeness (QED) is 0.513. The van der Waals surface area contributed by atoms with Crippen LogP contribution in [0, 0.1) is 23.7 Å². The van der Waals surface area contributed by atoms with E-state index in [0.29, 0.717) is 0 Å². The zero-order valence-electron chi connectivity index (χ0n) is 8.64. The first-order chi connectivity index (χ1) is 6.06. The van der Waals surface area contributed by atoms with Gasteiger partial charge in [-0.2, -0.15) is 0 Å². The molecule has 0 spiro atoms. The van der Waals surface area contributed by atoms with Gasteiger partial charge < -0.3 is 4.74 Å². The molecule has 13 heavy (non-hydrogen) atoms. The minimum absolute atomic E-state index is 0.000787. The lowest BCUT2D eigenvalue weighted by molar-refractivity contribution is -0.0535. The lowest BCUT2D eigenvalue weighted by Gasteiger charge is -2.25. The van der Waals surface area contributed by atoms with Crippen molar-refractivity contribution < 1.29 is 4.74 Å². The Morgan fingerprint density at radius 3 is 2.54 bits per heavy atom. The van der Waals surface area contributed by atoms with E-state index in [1.807, 2.05) is 20.9 Å². The molecule has 0 aromatic carbocycles. The molecule has 0 saturated carbocycles. The Kier molecular flexibility index (Phi) is 2.98. The maximum atomic E-state index is 5.69. The van der Waals surface area contributed by atoms with Crippen LogP contribution in [0.5, 0.6) is 0 Å². The molecule has 0 amide bonds. The second-order valence-electron chi connectivity index (χ2n) is 3.58. The van der Waals surface area contributed by atoms with Gasteiger partial charge in [0.05, 0.1) is 0 Å². The molecule has 1 unspecified atom stereocenters. The predicted molar refractivity (Wildman–Crippen MR) is 52.8 cm³/mol. The maximum absolute atomic E-state index is 5.69. The van der Waals surface area contributed by atoms with Gasteiger partial charge >= 0.3 is 0 Å². The van der Waals surface area contributed by atoms with Crippen LogP contribution in [0.4, 0.5) is 0 Å². The van der Waals surface area contributed by atoms with Gasteiger partial charge in [0.1, 0.15) is 11.8 Å². The number of nitrogens with zero attached hydrogens (tertiary/aromatic N) is 1.